The molecular weight excluding hydrogens is 344 g/mol. The van der Waals surface area contributed by atoms with Gasteiger partial charge in [0.2, 0.25) is 5.00 Å². The standard InChI is InChI=1S/C18H35ClN2O4/c1-4-5-6-7-8-9-10-11-12-13-16(23)25-17(24)18(19,20)15(22)14-21(2)3/h15,22H,4-14,20H2,1-3H3. The number of carbonyl (C=O) groups is 2. The van der Waals surface area contributed by atoms with E-state index in [1.54, 1.807) is 19.0 Å². The zero-order chi connectivity index (χ0) is 19.3. The van der Waals surface area contributed by atoms with E-state index >= 15 is 0 Å². The van der Waals surface area contributed by atoms with E-state index in [-0.39, 0.29) is 13.0 Å². The summed E-state index contributed by atoms with van der Waals surface area (Å²) in [7, 11) is 3.41. The highest BCUT2D eigenvalue weighted by Crippen LogP contribution is 2.17. The third-order valence-corrected chi connectivity index (χ3v) is 4.43. The van der Waals surface area contributed by atoms with Gasteiger partial charge in [0.15, 0.2) is 0 Å². The fourth-order valence-corrected chi connectivity index (χ4v) is 2.53. The quantitative estimate of drug-likeness (QED) is 0.159. The second-order valence-corrected chi connectivity index (χ2v) is 7.51. The molecule has 3 N–H and O–H groups in total. The van der Waals surface area contributed by atoms with Crippen LogP contribution in [0, 0.1) is 0 Å². The third kappa shape index (κ3) is 11.5. The average Bonchev–Trinajstić information content (AvgIpc) is 2.52. The number of aliphatic hydroxyl groups excluding tert-OH is 1. The maximum Gasteiger partial charge on any atom is 0.352 e. The number of nitrogens with zero attached hydrogens (tertiary/aromatic N) is 1. The first-order valence-electron chi connectivity index (χ1n) is 9.27. The molecule has 148 valence electrons. The van der Waals surface area contributed by atoms with Crippen molar-refractivity contribution in [3.63, 3.8) is 0 Å². The lowest BCUT2D eigenvalue weighted by molar-refractivity contribution is -0.163. The minimum Gasteiger partial charge on any atom is -0.391 e. The minimum absolute atomic E-state index is 0.0849. The van der Waals surface area contributed by atoms with Crippen LogP contribution in [0.4, 0.5) is 0 Å². The van der Waals surface area contributed by atoms with Crippen LogP contribution in [0.5, 0.6) is 0 Å². The lowest BCUT2D eigenvalue weighted by atomic mass is 10.1. The van der Waals surface area contributed by atoms with Crippen molar-refractivity contribution in [2.24, 2.45) is 5.73 Å². The van der Waals surface area contributed by atoms with Crippen molar-refractivity contribution < 1.29 is 19.4 Å². The van der Waals surface area contributed by atoms with Gasteiger partial charge < -0.3 is 20.5 Å². The van der Waals surface area contributed by atoms with Gasteiger partial charge >= 0.3 is 11.9 Å². The van der Waals surface area contributed by atoms with Crippen LogP contribution in [0.3, 0.4) is 0 Å². The number of alkyl halides is 1. The van der Waals surface area contributed by atoms with Gasteiger partial charge in [-0.25, -0.2) is 4.79 Å². The highest BCUT2D eigenvalue weighted by Gasteiger charge is 2.42. The Morgan fingerprint density at radius 2 is 1.56 bits per heavy atom. The summed E-state index contributed by atoms with van der Waals surface area (Å²) in [4.78, 5) is 23.1. The Morgan fingerprint density at radius 3 is 2.04 bits per heavy atom. The summed E-state index contributed by atoms with van der Waals surface area (Å²) in [5, 5.41) is 9.87. The van der Waals surface area contributed by atoms with Gasteiger partial charge in [0.1, 0.15) is 6.10 Å². The van der Waals surface area contributed by atoms with Gasteiger partial charge in [-0.3, -0.25) is 4.79 Å². The number of likely N-dealkylation sites (N-methyl/N-ethyl adjacent to an activating group) is 1. The highest BCUT2D eigenvalue weighted by atomic mass is 35.5. The number of ether oxygens (including phenoxy) is 1. The Hall–Kier alpha value is -0.690. The zero-order valence-corrected chi connectivity index (χ0v) is 16.7. The molecule has 0 fully saturated rings. The molecule has 0 aliphatic carbocycles. The SMILES string of the molecule is CCCCCCCCCCCC(=O)OC(=O)C(N)(Cl)C(O)CN(C)C. The van der Waals surface area contributed by atoms with Crippen molar-refractivity contribution in [2.75, 3.05) is 20.6 Å². The molecule has 7 heteroatoms. The summed E-state index contributed by atoms with van der Waals surface area (Å²) >= 11 is 5.85. The lowest BCUT2D eigenvalue weighted by Gasteiger charge is -2.27. The molecule has 0 bridgehead atoms. The maximum absolute atomic E-state index is 11.9. The Kier molecular flexibility index (Phi) is 13.1. The molecule has 0 spiro atoms. The number of nitrogens with two attached hydrogens (primary N) is 1. The van der Waals surface area contributed by atoms with E-state index in [0.717, 1.165) is 12.8 Å². The van der Waals surface area contributed by atoms with Crippen molar-refractivity contribution in [1.29, 1.82) is 0 Å². The third-order valence-electron chi connectivity index (χ3n) is 4.03. The molecule has 0 aromatic heterocycles. The summed E-state index contributed by atoms with van der Waals surface area (Å²) in [6.45, 7) is 2.28. The molecule has 0 rings (SSSR count). The molecule has 0 aliphatic rings. The van der Waals surface area contributed by atoms with E-state index in [1.165, 1.54) is 38.5 Å². The van der Waals surface area contributed by atoms with Crippen LogP contribution in [-0.4, -0.2) is 53.7 Å². The monoisotopic (exact) mass is 378 g/mol. The summed E-state index contributed by atoms with van der Waals surface area (Å²) in [6.07, 6.45) is 9.00. The first-order chi connectivity index (χ1) is 11.7. The van der Waals surface area contributed by atoms with Crippen molar-refractivity contribution in [3.8, 4) is 0 Å². The molecule has 0 aromatic carbocycles. The van der Waals surface area contributed by atoms with E-state index < -0.39 is 23.0 Å². The number of unbranched alkanes of at least 4 members (excludes halogenated alkanes) is 8. The number of hydrogen-bond donors (Lipinski definition) is 2. The van der Waals surface area contributed by atoms with Crippen LogP contribution in [0.15, 0.2) is 0 Å². The van der Waals surface area contributed by atoms with Crippen molar-refractivity contribution in [1.82, 2.24) is 4.90 Å². The Bertz CT molecular complexity index is 389. The molecule has 0 saturated carbocycles. The van der Waals surface area contributed by atoms with E-state index in [2.05, 4.69) is 11.7 Å². The number of rotatable bonds is 14. The molecule has 0 amide bonds. The molecule has 0 heterocycles. The van der Waals surface area contributed by atoms with Gasteiger partial charge in [0.05, 0.1) is 0 Å². The molecule has 2 unspecified atom stereocenters. The number of aliphatic hydroxyl groups is 1. The summed E-state index contributed by atoms with van der Waals surface area (Å²) in [5.74, 6) is -1.76. The van der Waals surface area contributed by atoms with Gasteiger partial charge in [0, 0.05) is 13.0 Å². The van der Waals surface area contributed by atoms with E-state index in [9.17, 15) is 14.7 Å². The van der Waals surface area contributed by atoms with Crippen LogP contribution >= 0.6 is 11.6 Å². The molecule has 0 aromatic rings. The Balaban J connectivity index is 3.89. The Labute approximate surface area is 157 Å². The second-order valence-electron chi connectivity index (χ2n) is 6.89. The van der Waals surface area contributed by atoms with E-state index in [0.29, 0.717) is 6.42 Å². The van der Waals surface area contributed by atoms with Crippen molar-refractivity contribution in [2.45, 2.75) is 82.2 Å². The zero-order valence-electron chi connectivity index (χ0n) is 15.9. The smallest absolute Gasteiger partial charge is 0.352 e. The summed E-state index contributed by atoms with van der Waals surface area (Å²) < 4.78 is 4.68. The highest BCUT2D eigenvalue weighted by molar-refractivity contribution is 6.34. The summed E-state index contributed by atoms with van der Waals surface area (Å²) in [6, 6.07) is 0. The first kappa shape index (κ1) is 24.3. The molecule has 0 saturated heterocycles. The average molecular weight is 379 g/mol. The molecule has 0 radical (unpaired) electrons. The molecule has 25 heavy (non-hydrogen) atoms. The van der Waals surface area contributed by atoms with Crippen molar-refractivity contribution >= 4 is 23.5 Å². The normalized spacial score (nSPS) is 15.0. The summed E-state index contributed by atoms with van der Waals surface area (Å²) in [5.41, 5.74) is 5.61. The van der Waals surface area contributed by atoms with Crippen LogP contribution < -0.4 is 5.73 Å². The van der Waals surface area contributed by atoms with Crippen LogP contribution in [-0.2, 0) is 14.3 Å². The number of hydrogen-bond acceptors (Lipinski definition) is 6. The predicted molar refractivity (Wildman–Crippen MR) is 100 cm³/mol. The molecule has 6 nitrogen and oxygen atoms in total. The largest absolute Gasteiger partial charge is 0.391 e. The van der Waals surface area contributed by atoms with Gasteiger partial charge in [-0.05, 0) is 20.5 Å². The minimum atomic E-state index is -2.13. The fraction of sp³-hybridized carbons (Fsp3) is 0.889. The number of esters is 2. The van der Waals surface area contributed by atoms with Gasteiger partial charge in [0.25, 0.3) is 0 Å². The van der Waals surface area contributed by atoms with Crippen LogP contribution in [0.1, 0.15) is 71.1 Å². The predicted octanol–water partition coefficient (Wildman–Crippen LogP) is 2.79. The topological polar surface area (TPSA) is 92.9 Å². The maximum atomic E-state index is 11.9. The van der Waals surface area contributed by atoms with Gasteiger partial charge in [-0.1, -0.05) is 69.9 Å². The van der Waals surface area contributed by atoms with Gasteiger partial charge in [-0.2, -0.15) is 0 Å². The number of carbonyl (C=O) groups excluding carboxylic acids is 2. The number of halogens is 1. The first-order valence-corrected chi connectivity index (χ1v) is 9.65. The lowest BCUT2D eigenvalue weighted by Crippen LogP contribution is -2.56. The van der Waals surface area contributed by atoms with Crippen LogP contribution in [0.25, 0.3) is 0 Å². The fourth-order valence-electron chi connectivity index (χ4n) is 2.43. The van der Waals surface area contributed by atoms with Gasteiger partial charge in [-0.15, -0.1) is 0 Å². The molecular formula is C18H35ClN2O4. The molecule has 2 atom stereocenters. The molecule has 0 aliphatic heterocycles. The van der Waals surface area contributed by atoms with Crippen molar-refractivity contribution in [3.05, 3.63) is 0 Å². The van der Waals surface area contributed by atoms with E-state index in [1.807, 2.05) is 0 Å². The van der Waals surface area contributed by atoms with Crippen LogP contribution in [0.2, 0.25) is 0 Å². The second kappa shape index (κ2) is 13.5. The Morgan fingerprint density at radius 1 is 1.08 bits per heavy atom. The van der Waals surface area contributed by atoms with E-state index in [4.69, 9.17) is 17.3 Å².